The van der Waals surface area contributed by atoms with Gasteiger partial charge in [-0.2, -0.15) is 0 Å². The average molecular weight is 270 g/mol. The van der Waals surface area contributed by atoms with E-state index in [0.29, 0.717) is 12.1 Å². The molecule has 1 aromatic heterocycles. The third kappa shape index (κ3) is 2.17. The fourth-order valence-corrected chi connectivity index (χ4v) is 1.48. The number of nitro groups is 1. The van der Waals surface area contributed by atoms with Gasteiger partial charge < -0.3 is 5.73 Å². The van der Waals surface area contributed by atoms with Crippen LogP contribution in [0.4, 0.5) is 24.7 Å². The monoisotopic (exact) mass is 270 g/mol. The molecule has 0 unspecified atom stereocenters. The first-order valence-electron chi connectivity index (χ1n) is 4.81. The van der Waals surface area contributed by atoms with Crippen molar-refractivity contribution in [2.24, 2.45) is 0 Å². The summed E-state index contributed by atoms with van der Waals surface area (Å²) in [5.74, 6) is -5.10. The van der Waals surface area contributed by atoms with Crippen molar-refractivity contribution in [2.75, 3.05) is 5.73 Å². The molecule has 0 aliphatic rings. The molecule has 0 saturated carbocycles. The summed E-state index contributed by atoms with van der Waals surface area (Å²) in [6.45, 7) is 0. The molecule has 0 bridgehead atoms. The van der Waals surface area contributed by atoms with Crippen molar-refractivity contribution in [3.05, 3.63) is 46.0 Å². The van der Waals surface area contributed by atoms with Crippen molar-refractivity contribution in [1.29, 1.82) is 0 Å². The van der Waals surface area contributed by atoms with E-state index in [2.05, 4.69) is 9.97 Å². The minimum absolute atomic E-state index is 0.308. The molecular formula is C10H5F3N4O2. The molecule has 2 N–H and O–H groups in total. The van der Waals surface area contributed by atoms with Crippen LogP contribution in [0.1, 0.15) is 0 Å². The van der Waals surface area contributed by atoms with Crippen LogP contribution in [0, 0.1) is 27.6 Å². The van der Waals surface area contributed by atoms with Gasteiger partial charge in [-0.05, 0) is 12.1 Å². The maximum Gasteiger partial charge on any atom is 0.337 e. The summed E-state index contributed by atoms with van der Waals surface area (Å²) in [6.07, 6.45) is 0.900. The number of aromatic nitrogens is 2. The van der Waals surface area contributed by atoms with Crippen LogP contribution in [0.25, 0.3) is 11.3 Å². The Kier molecular flexibility index (Phi) is 3.03. The van der Waals surface area contributed by atoms with E-state index in [0.717, 1.165) is 6.33 Å². The van der Waals surface area contributed by atoms with E-state index < -0.39 is 39.6 Å². The first-order valence-corrected chi connectivity index (χ1v) is 4.81. The highest BCUT2D eigenvalue weighted by molar-refractivity contribution is 5.75. The second-order valence-electron chi connectivity index (χ2n) is 3.47. The van der Waals surface area contributed by atoms with E-state index in [-0.39, 0.29) is 5.56 Å². The first-order chi connectivity index (χ1) is 8.91. The van der Waals surface area contributed by atoms with Crippen LogP contribution in [-0.2, 0) is 0 Å². The molecule has 0 fully saturated rings. The van der Waals surface area contributed by atoms with Crippen LogP contribution in [0.2, 0.25) is 0 Å². The van der Waals surface area contributed by atoms with Crippen molar-refractivity contribution in [1.82, 2.24) is 9.97 Å². The van der Waals surface area contributed by atoms with E-state index in [1.165, 1.54) is 0 Å². The Morgan fingerprint density at radius 1 is 1.16 bits per heavy atom. The van der Waals surface area contributed by atoms with Crippen LogP contribution < -0.4 is 5.73 Å². The zero-order chi connectivity index (χ0) is 14.2. The SMILES string of the molecule is Nc1ncnc(-c2cc(F)c(F)c(F)c2)c1[N+](=O)[O-]. The van der Waals surface area contributed by atoms with Crippen molar-refractivity contribution < 1.29 is 18.1 Å². The number of benzene rings is 1. The smallest absolute Gasteiger partial charge is 0.337 e. The fraction of sp³-hybridized carbons (Fsp3) is 0. The van der Waals surface area contributed by atoms with Gasteiger partial charge in [0.25, 0.3) is 0 Å². The van der Waals surface area contributed by atoms with Gasteiger partial charge in [-0.3, -0.25) is 10.1 Å². The van der Waals surface area contributed by atoms with Gasteiger partial charge in [0.2, 0.25) is 5.82 Å². The Morgan fingerprint density at radius 3 is 2.26 bits per heavy atom. The molecule has 98 valence electrons. The molecule has 0 aliphatic heterocycles. The Balaban J connectivity index is 2.73. The zero-order valence-electron chi connectivity index (χ0n) is 9.10. The number of rotatable bonds is 2. The van der Waals surface area contributed by atoms with Crippen LogP contribution in [-0.4, -0.2) is 14.9 Å². The minimum Gasteiger partial charge on any atom is -0.378 e. The van der Waals surface area contributed by atoms with E-state index in [1.54, 1.807) is 0 Å². The number of nitrogen functional groups attached to an aromatic ring is 1. The largest absolute Gasteiger partial charge is 0.378 e. The molecule has 1 heterocycles. The maximum absolute atomic E-state index is 13.1. The number of anilines is 1. The summed E-state index contributed by atoms with van der Waals surface area (Å²) >= 11 is 0. The molecule has 0 aliphatic carbocycles. The molecule has 0 amide bonds. The molecule has 0 saturated heterocycles. The lowest BCUT2D eigenvalue weighted by Crippen LogP contribution is -2.03. The summed E-state index contributed by atoms with van der Waals surface area (Å²) in [6, 6.07) is 1.18. The molecular weight excluding hydrogens is 265 g/mol. The summed E-state index contributed by atoms with van der Waals surface area (Å²) in [5, 5.41) is 10.8. The Morgan fingerprint density at radius 2 is 1.74 bits per heavy atom. The third-order valence-corrected chi connectivity index (χ3v) is 2.29. The number of halogens is 3. The quantitative estimate of drug-likeness (QED) is 0.512. The molecule has 9 heteroatoms. The Bertz CT molecular complexity index is 655. The molecule has 1 aromatic carbocycles. The molecule has 2 rings (SSSR count). The lowest BCUT2D eigenvalue weighted by atomic mass is 10.1. The maximum atomic E-state index is 13.1. The molecule has 0 atom stereocenters. The highest BCUT2D eigenvalue weighted by Gasteiger charge is 2.24. The van der Waals surface area contributed by atoms with E-state index in [9.17, 15) is 23.3 Å². The van der Waals surface area contributed by atoms with Crippen LogP contribution >= 0.6 is 0 Å². The molecule has 2 aromatic rings. The van der Waals surface area contributed by atoms with Gasteiger partial charge in [0, 0.05) is 5.56 Å². The van der Waals surface area contributed by atoms with Crippen molar-refractivity contribution in [3.63, 3.8) is 0 Å². The summed E-state index contributed by atoms with van der Waals surface area (Å²) < 4.78 is 39.0. The normalized spacial score (nSPS) is 10.5. The van der Waals surface area contributed by atoms with Crippen LogP contribution in [0.15, 0.2) is 18.5 Å². The van der Waals surface area contributed by atoms with Crippen LogP contribution in [0.5, 0.6) is 0 Å². The molecule has 0 spiro atoms. The number of nitrogens with zero attached hydrogens (tertiary/aromatic N) is 3. The lowest BCUT2D eigenvalue weighted by molar-refractivity contribution is -0.383. The third-order valence-electron chi connectivity index (χ3n) is 2.29. The highest BCUT2D eigenvalue weighted by atomic mass is 19.2. The van der Waals surface area contributed by atoms with Crippen molar-refractivity contribution in [2.45, 2.75) is 0 Å². The lowest BCUT2D eigenvalue weighted by Gasteiger charge is -2.04. The van der Waals surface area contributed by atoms with Gasteiger partial charge in [0.1, 0.15) is 6.33 Å². The topological polar surface area (TPSA) is 94.9 Å². The van der Waals surface area contributed by atoms with Gasteiger partial charge in [-0.25, -0.2) is 23.1 Å². The standard InChI is InChI=1S/C10H5F3N4O2/c11-5-1-4(2-6(12)7(5)13)8-9(17(18)19)10(14)16-3-15-8/h1-3H,(H2,14,15,16). The van der Waals surface area contributed by atoms with Gasteiger partial charge in [-0.1, -0.05) is 0 Å². The number of hydrogen-bond donors (Lipinski definition) is 1. The Labute approximate surface area is 103 Å². The second-order valence-corrected chi connectivity index (χ2v) is 3.47. The fourth-order valence-electron chi connectivity index (χ4n) is 1.48. The molecule has 6 nitrogen and oxygen atoms in total. The second kappa shape index (κ2) is 4.52. The predicted octanol–water partition coefficient (Wildman–Crippen LogP) is 2.05. The summed E-state index contributed by atoms with van der Waals surface area (Å²) in [4.78, 5) is 16.9. The minimum atomic E-state index is -1.67. The van der Waals surface area contributed by atoms with E-state index >= 15 is 0 Å². The predicted molar refractivity (Wildman–Crippen MR) is 58.4 cm³/mol. The van der Waals surface area contributed by atoms with E-state index in [4.69, 9.17) is 5.73 Å². The highest BCUT2D eigenvalue weighted by Crippen LogP contribution is 2.32. The van der Waals surface area contributed by atoms with Crippen molar-refractivity contribution >= 4 is 11.5 Å². The zero-order valence-corrected chi connectivity index (χ0v) is 9.10. The van der Waals surface area contributed by atoms with E-state index in [1.807, 2.05) is 0 Å². The van der Waals surface area contributed by atoms with Gasteiger partial charge in [-0.15, -0.1) is 0 Å². The summed E-state index contributed by atoms with van der Waals surface area (Å²) in [7, 11) is 0. The number of nitrogens with two attached hydrogens (primary N) is 1. The van der Waals surface area contributed by atoms with Crippen LogP contribution in [0.3, 0.4) is 0 Å². The van der Waals surface area contributed by atoms with Gasteiger partial charge in [0.15, 0.2) is 23.1 Å². The van der Waals surface area contributed by atoms with Crippen molar-refractivity contribution in [3.8, 4) is 11.3 Å². The first kappa shape index (κ1) is 12.7. The van der Waals surface area contributed by atoms with Gasteiger partial charge >= 0.3 is 5.69 Å². The van der Waals surface area contributed by atoms with Gasteiger partial charge in [0.05, 0.1) is 4.92 Å². The molecule has 0 radical (unpaired) electrons. The number of hydrogen-bond acceptors (Lipinski definition) is 5. The molecule has 19 heavy (non-hydrogen) atoms. The summed E-state index contributed by atoms with van der Waals surface area (Å²) in [5.41, 5.74) is 3.91. The Hall–Kier alpha value is -2.71. The average Bonchev–Trinajstić information content (AvgIpc) is 2.34.